The molecule has 4 rings (SSSR count). The zero-order chi connectivity index (χ0) is 19.5. The summed E-state index contributed by atoms with van der Waals surface area (Å²) < 4.78 is 0. The molecule has 2 aromatic carbocycles. The zero-order valence-electron chi connectivity index (χ0n) is 16.2. The summed E-state index contributed by atoms with van der Waals surface area (Å²) in [5.41, 5.74) is 4.19. The van der Waals surface area contributed by atoms with E-state index in [9.17, 15) is 0 Å². The van der Waals surface area contributed by atoms with Crippen LogP contribution in [0.5, 0.6) is 0 Å². The van der Waals surface area contributed by atoms with Crippen LogP contribution in [-0.2, 0) is 0 Å². The minimum Gasteiger partial charge on any atom is -0.228 e. The van der Waals surface area contributed by atoms with Crippen molar-refractivity contribution in [1.29, 1.82) is 0 Å². The summed E-state index contributed by atoms with van der Waals surface area (Å²) in [5, 5.41) is 0. The van der Waals surface area contributed by atoms with Crippen molar-refractivity contribution in [2.75, 3.05) is 0 Å². The van der Waals surface area contributed by atoms with Crippen molar-refractivity contribution in [3.63, 3.8) is 0 Å². The Morgan fingerprint density at radius 2 is 1.64 bits per heavy atom. The van der Waals surface area contributed by atoms with Crippen LogP contribution < -0.4 is 0 Å². The first-order valence-electron chi connectivity index (χ1n) is 9.58. The summed E-state index contributed by atoms with van der Waals surface area (Å²) in [5.74, 6) is 2.63. The quantitative estimate of drug-likeness (QED) is 0.537. The topological polar surface area (TPSA) is 63.4 Å². The van der Waals surface area contributed by atoms with E-state index < -0.39 is 0 Å². The molecule has 28 heavy (non-hydrogen) atoms. The van der Waals surface area contributed by atoms with Gasteiger partial charge in [-0.05, 0) is 49.4 Å². The minimum absolute atomic E-state index is 0.272. The fourth-order valence-corrected chi connectivity index (χ4v) is 3.30. The summed E-state index contributed by atoms with van der Waals surface area (Å²) in [4.78, 5) is 21.6. The van der Waals surface area contributed by atoms with Crippen LogP contribution in [-0.4, -0.2) is 27.4 Å². The molecule has 1 aliphatic carbocycles. The molecule has 5 heteroatoms. The van der Waals surface area contributed by atoms with E-state index in [1.54, 1.807) is 0 Å². The average molecular weight is 369 g/mol. The van der Waals surface area contributed by atoms with Gasteiger partial charge in [-0.3, -0.25) is 0 Å². The molecule has 0 radical (unpaired) electrons. The lowest BCUT2D eigenvalue weighted by Crippen LogP contribution is -2.00. The average Bonchev–Trinajstić information content (AvgIpc) is 3.59. The summed E-state index contributed by atoms with van der Waals surface area (Å²) in [6.45, 7) is 7.82. The fraction of sp³-hybridized carbons (Fsp3) is 0.261. The number of hydrogen-bond donors (Lipinski definition) is 0. The normalized spacial score (nSPS) is 15.3. The third-order valence-electron chi connectivity index (χ3n) is 5.24. The van der Waals surface area contributed by atoms with Crippen LogP contribution in [0.1, 0.15) is 43.7 Å². The second-order valence-corrected chi connectivity index (χ2v) is 7.23. The van der Waals surface area contributed by atoms with E-state index in [-0.39, 0.29) is 5.95 Å². The van der Waals surface area contributed by atoms with Gasteiger partial charge in [0.05, 0.1) is 0 Å². The molecule has 1 fully saturated rings. The summed E-state index contributed by atoms with van der Waals surface area (Å²) in [6.07, 6.45) is 2.71. The molecule has 0 bridgehead atoms. The number of aliphatic imine (C=N–C) groups is 2. The third-order valence-corrected chi connectivity index (χ3v) is 5.24. The highest BCUT2D eigenvalue weighted by Crippen LogP contribution is 2.42. The highest BCUT2D eigenvalue weighted by atomic mass is 15.2. The number of rotatable bonds is 6. The maximum Gasteiger partial charge on any atom is 0.255 e. The molecular formula is C23H23N5. The Morgan fingerprint density at radius 1 is 0.964 bits per heavy atom. The van der Waals surface area contributed by atoms with Gasteiger partial charge in [0.15, 0.2) is 5.82 Å². The standard InChI is InChI=1S/C23H23N5/c1-15(17-9-10-17)18-11-13-19(14-12-18)16(2)25-23-27-21(26-22(24-3)28-23)20-7-5-4-6-8-20/h4-8,11-15,17H,3,9-10H2,1-2H3. The van der Waals surface area contributed by atoms with E-state index in [4.69, 9.17) is 0 Å². The number of hydrogen-bond acceptors (Lipinski definition) is 5. The number of benzene rings is 2. The van der Waals surface area contributed by atoms with E-state index in [2.05, 4.69) is 62.8 Å². The van der Waals surface area contributed by atoms with Crippen LogP contribution in [0.2, 0.25) is 0 Å². The van der Waals surface area contributed by atoms with Gasteiger partial charge in [0.1, 0.15) is 0 Å². The van der Waals surface area contributed by atoms with Crippen molar-refractivity contribution < 1.29 is 0 Å². The molecule has 5 nitrogen and oxygen atoms in total. The first-order valence-corrected chi connectivity index (χ1v) is 9.58. The van der Waals surface area contributed by atoms with Gasteiger partial charge in [0.25, 0.3) is 11.9 Å². The van der Waals surface area contributed by atoms with Gasteiger partial charge in [-0.25, -0.2) is 9.98 Å². The van der Waals surface area contributed by atoms with Crippen molar-refractivity contribution in [3.8, 4) is 11.4 Å². The van der Waals surface area contributed by atoms with E-state index >= 15 is 0 Å². The van der Waals surface area contributed by atoms with Crippen molar-refractivity contribution in [3.05, 3.63) is 65.7 Å². The first kappa shape index (κ1) is 18.2. The molecule has 1 heterocycles. The summed E-state index contributed by atoms with van der Waals surface area (Å²) in [6, 6.07) is 18.4. The monoisotopic (exact) mass is 369 g/mol. The molecule has 1 unspecified atom stereocenters. The van der Waals surface area contributed by atoms with Crippen molar-refractivity contribution >= 4 is 24.3 Å². The van der Waals surface area contributed by atoms with Gasteiger partial charge >= 0.3 is 0 Å². The Bertz CT molecular complexity index is 1000. The lowest BCUT2D eigenvalue weighted by molar-refractivity contribution is 0.664. The maximum atomic E-state index is 4.61. The largest absolute Gasteiger partial charge is 0.255 e. The molecule has 0 saturated heterocycles. The zero-order valence-corrected chi connectivity index (χ0v) is 16.2. The predicted molar refractivity (Wildman–Crippen MR) is 114 cm³/mol. The van der Waals surface area contributed by atoms with Crippen molar-refractivity contribution in [2.24, 2.45) is 15.9 Å². The molecule has 0 spiro atoms. The molecule has 1 saturated carbocycles. The van der Waals surface area contributed by atoms with Gasteiger partial charge in [-0.2, -0.15) is 15.0 Å². The Kier molecular flexibility index (Phi) is 5.06. The summed E-state index contributed by atoms with van der Waals surface area (Å²) >= 11 is 0. The number of aromatic nitrogens is 3. The van der Waals surface area contributed by atoms with Gasteiger partial charge in [-0.15, -0.1) is 0 Å². The van der Waals surface area contributed by atoms with Crippen LogP contribution in [0.15, 0.2) is 64.6 Å². The lowest BCUT2D eigenvalue weighted by atomic mass is 9.95. The molecule has 1 atom stereocenters. The lowest BCUT2D eigenvalue weighted by Gasteiger charge is -2.11. The van der Waals surface area contributed by atoms with Crippen LogP contribution >= 0.6 is 0 Å². The SMILES string of the molecule is C=Nc1nc(N=C(C)c2ccc(C(C)C3CC3)cc2)nc(-c2ccccc2)n1. The molecule has 0 N–H and O–H groups in total. The third kappa shape index (κ3) is 4.03. The Balaban J connectivity index is 1.63. The molecule has 0 aliphatic heterocycles. The van der Waals surface area contributed by atoms with E-state index in [1.165, 1.54) is 18.4 Å². The van der Waals surface area contributed by atoms with E-state index in [1.807, 2.05) is 37.3 Å². The molecule has 1 aromatic heterocycles. The van der Waals surface area contributed by atoms with E-state index in [0.717, 1.165) is 22.8 Å². The Morgan fingerprint density at radius 3 is 2.29 bits per heavy atom. The van der Waals surface area contributed by atoms with Crippen molar-refractivity contribution in [1.82, 2.24) is 15.0 Å². The second kappa shape index (κ2) is 7.80. The van der Waals surface area contributed by atoms with Gasteiger partial charge in [-0.1, -0.05) is 61.5 Å². The fourth-order valence-electron chi connectivity index (χ4n) is 3.30. The van der Waals surface area contributed by atoms with Gasteiger partial charge in [0, 0.05) is 11.3 Å². The molecule has 3 aromatic rings. The molecule has 140 valence electrons. The second-order valence-electron chi connectivity index (χ2n) is 7.23. The minimum atomic E-state index is 0.272. The van der Waals surface area contributed by atoms with Crippen LogP contribution in [0.3, 0.4) is 0 Å². The van der Waals surface area contributed by atoms with Crippen molar-refractivity contribution in [2.45, 2.75) is 32.6 Å². The van der Waals surface area contributed by atoms with E-state index in [0.29, 0.717) is 17.7 Å². The molecular weight excluding hydrogens is 346 g/mol. The summed E-state index contributed by atoms with van der Waals surface area (Å²) in [7, 11) is 0. The molecule has 0 amide bonds. The predicted octanol–water partition coefficient (Wildman–Crippen LogP) is 5.52. The maximum absolute atomic E-state index is 4.61. The highest BCUT2D eigenvalue weighted by Gasteiger charge is 2.28. The van der Waals surface area contributed by atoms with Crippen LogP contribution in [0.25, 0.3) is 11.4 Å². The highest BCUT2D eigenvalue weighted by molar-refractivity contribution is 5.99. The van der Waals surface area contributed by atoms with Crippen LogP contribution in [0, 0.1) is 5.92 Å². The van der Waals surface area contributed by atoms with Gasteiger partial charge < -0.3 is 0 Å². The number of nitrogens with zero attached hydrogens (tertiary/aromatic N) is 5. The van der Waals surface area contributed by atoms with Crippen LogP contribution in [0.4, 0.5) is 11.9 Å². The Labute approximate surface area is 165 Å². The smallest absolute Gasteiger partial charge is 0.228 e. The first-order chi connectivity index (χ1) is 13.6. The Hall–Kier alpha value is -3.21. The van der Waals surface area contributed by atoms with Gasteiger partial charge in [0.2, 0.25) is 0 Å². The molecule has 1 aliphatic rings.